The Bertz CT molecular complexity index is 1510. The highest BCUT2D eigenvalue weighted by atomic mass is 19.1. The van der Waals surface area contributed by atoms with Crippen molar-refractivity contribution in [3.63, 3.8) is 0 Å². The summed E-state index contributed by atoms with van der Waals surface area (Å²) in [5.74, 6) is 5.53. The third kappa shape index (κ3) is 6.81. The molecule has 0 aliphatic heterocycles. The standard InChI is InChI=1S/C32H33FN6O/c1-22-6-4-14-35-30(22)9-5-15-37-38-21-23-7-2-3-8-29(23)31(40)39-32(12-13-32)26-16-24(17-27(33)18-26)25(19-34)20-36-28-10-11-28/h2-4,6-8,14,16-20,28,37-38H,10-13,15,21,34H2,1H3,(H,39,40)/b25-19+,36-20?. The van der Waals surface area contributed by atoms with Crippen LogP contribution in [-0.2, 0) is 12.1 Å². The Morgan fingerprint density at radius 1 is 1.18 bits per heavy atom. The summed E-state index contributed by atoms with van der Waals surface area (Å²) >= 11 is 0. The largest absolute Gasteiger partial charge is 0.404 e. The smallest absolute Gasteiger partial charge is 0.252 e. The maximum atomic E-state index is 14.7. The van der Waals surface area contributed by atoms with Gasteiger partial charge in [-0.1, -0.05) is 30.2 Å². The first-order chi connectivity index (χ1) is 19.5. The predicted molar refractivity (Wildman–Crippen MR) is 156 cm³/mol. The fourth-order valence-electron chi connectivity index (χ4n) is 4.46. The molecule has 0 atom stereocenters. The number of pyridine rings is 1. The van der Waals surface area contributed by atoms with E-state index in [4.69, 9.17) is 5.73 Å². The van der Waals surface area contributed by atoms with Crippen LogP contribution in [0, 0.1) is 24.6 Å². The van der Waals surface area contributed by atoms with Crippen molar-refractivity contribution in [2.45, 2.75) is 50.7 Å². The van der Waals surface area contributed by atoms with Crippen LogP contribution in [0.3, 0.4) is 0 Å². The Morgan fingerprint density at radius 3 is 2.75 bits per heavy atom. The molecule has 0 spiro atoms. The molecule has 0 unspecified atom stereocenters. The number of hydrazine groups is 1. The van der Waals surface area contributed by atoms with Crippen molar-refractivity contribution in [2.24, 2.45) is 10.7 Å². The number of halogens is 1. The van der Waals surface area contributed by atoms with Gasteiger partial charge in [0.15, 0.2) is 0 Å². The van der Waals surface area contributed by atoms with Gasteiger partial charge >= 0.3 is 0 Å². The van der Waals surface area contributed by atoms with Gasteiger partial charge in [-0.3, -0.25) is 15.2 Å². The summed E-state index contributed by atoms with van der Waals surface area (Å²) in [5.41, 5.74) is 16.7. The summed E-state index contributed by atoms with van der Waals surface area (Å²) in [4.78, 5) is 22.2. The number of rotatable bonds is 10. The molecule has 5 rings (SSSR count). The molecule has 5 N–H and O–H groups in total. The molecule has 2 fully saturated rings. The molecule has 1 aromatic heterocycles. The number of benzene rings is 2. The number of hydrogen-bond acceptors (Lipinski definition) is 6. The Labute approximate surface area is 234 Å². The summed E-state index contributed by atoms with van der Waals surface area (Å²) in [5, 5.41) is 3.18. The number of nitrogens with zero attached hydrogens (tertiary/aromatic N) is 2. The highest BCUT2D eigenvalue weighted by Gasteiger charge is 2.46. The van der Waals surface area contributed by atoms with Gasteiger partial charge < -0.3 is 11.1 Å². The lowest BCUT2D eigenvalue weighted by Gasteiger charge is -2.20. The molecule has 0 saturated heterocycles. The number of aliphatic imine (C=N–C) groups is 1. The minimum absolute atomic E-state index is 0.198. The lowest BCUT2D eigenvalue weighted by atomic mass is 9.97. The summed E-state index contributed by atoms with van der Waals surface area (Å²) in [6.45, 7) is 2.82. The van der Waals surface area contributed by atoms with Crippen molar-refractivity contribution in [3.05, 3.63) is 106 Å². The molecule has 3 aromatic rings. The molecule has 40 heavy (non-hydrogen) atoms. The maximum absolute atomic E-state index is 14.7. The number of nitrogens with two attached hydrogens (primary N) is 1. The zero-order valence-electron chi connectivity index (χ0n) is 22.5. The summed E-state index contributed by atoms with van der Waals surface area (Å²) < 4.78 is 14.7. The van der Waals surface area contributed by atoms with E-state index >= 15 is 0 Å². The van der Waals surface area contributed by atoms with Gasteiger partial charge in [-0.15, -0.1) is 0 Å². The summed E-state index contributed by atoms with van der Waals surface area (Å²) in [7, 11) is 0. The molecular formula is C32H33FN6O. The first kappa shape index (κ1) is 27.3. The van der Waals surface area contributed by atoms with E-state index in [2.05, 4.69) is 38.0 Å². The quantitative estimate of drug-likeness (QED) is 0.135. The van der Waals surface area contributed by atoms with Gasteiger partial charge in [0.05, 0.1) is 18.1 Å². The average molecular weight is 537 g/mol. The lowest BCUT2D eigenvalue weighted by molar-refractivity contribution is 0.0929. The molecule has 7 nitrogen and oxygen atoms in total. The van der Waals surface area contributed by atoms with Gasteiger partial charge in [-0.05, 0) is 91.1 Å². The monoisotopic (exact) mass is 536 g/mol. The Balaban J connectivity index is 1.23. The second-order valence-electron chi connectivity index (χ2n) is 10.2. The van der Waals surface area contributed by atoms with Crippen molar-refractivity contribution >= 4 is 17.7 Å². The Morgan fingerprint density at radius 2 is 2.00 bits per heavy atom. The van der Waals surface area contributed by atoms with Gasteiger partial charge in [0.1, 0.15) is 11.5 Å². The zero-order chi connectivity index (χ0) is 28.0. The molecule has 2 saturated carbocycles. The number of allylic oxidation sites excluding steroid dienone is 1. The number of aryl methyl sites for hydroxylation is 1. The van der Waals surface area contributed by atoms with E-state index in [0.29, 0.717) is 35.8 Å². The molecule has 2 aliphatic carbocycles. The number of hydrogen-bond donors (Lipinski definition) is 4. The molecular weight excluding hydrogens is 503 g/mol. The fraction of sp³-hybridized carbons (Fsp3) is 0.281. The molecule has 2 aliphatic rings. The Kier molecular flexibility index (Phi) is 8.34. The van der Waals surface area contributed by atoms with Crippen LogP contribution in [-0.4, -0.2) is 29.7 Å². The first-order valence-corrected chi connectivity index (χ1v) is 13.5. The number of nitrogens with one attached hydrogen (secondary N) is 3. The van der Waals surface area contributed by atoms with Crippen LogP contribution in [0.25, 0.3) is 5.57 Å². The van der Waals surface area contributed by atoms with Crippen LogP contribution in [0.1, 0.15) is 64.0 Å². The summed E-state index contributed by atoms with van der Waals surface area (Å²) in [6.07, 6.45) is 8.51. The second kappa shape index (κ2) is 12.2. The molecule has 2 aromatic carbocycles. The van der Waals surface area contributed by atoms with Gasteiger partial charge in [0.25, 0.3) is 5.91 Å². The van der Waals surface area contributed by atoms with Crippen molar-refractivity contribution in [1.29, 1.82) is 0 Å². The fourth-order valence-corrected chi connectivity index (χ4v) is 4.46. The molecule has 0 radical (unpaired) electrons. The third-order valence-corrected chi connectivity index (χ3v) is 7.10. The maximum Gasteiger partial charge on any atom is 0.252 e. The van der Waals surface area contributed by atoms with Gasteiger partial charge in [-0.25, -0.2) is 14.8 Å². The van der Waals surface area contributed by atoms with E-state index in [1.165, 1.54) is 18.3 Å². The highest BCUT2D eigenvalue weighted by molar-refractivity contribution is 6.09. The minimum Gasteiger partial charge on any atom is -0.404 e. The van der Waals surface area contributed by atoms with Crippen LogP contribution in [0.4, 0.5) is 4.39 Å². The van der Waals surface area contributed by atoms with Gasteiger partial charge in [-0.2, -0.15) is 0 Å². The van der Waals surface area contributed by atoms with Crippen molar-refractivity contribution in [1.82, 2.24) is 21.2 Å². The normalized spacial score (nSPS) is 15.9. The minimum atomic E-state index is -0.612. The second-order valence-corrected chi connectivity index (χ2v) is 10.2. The van der Waals surface area contributed by atoms with E-state index in [-0.39, 0.29) is 11.7 Å². The molecule has 204 valence electrons. The molecule has 1 heterocycles. The highest BCUT2D eigenvalue weighted by Crippen LogP contribution is 2.46. The van der Waals surface area contributed by atoms with E-state index in [1.807, 2.05) is 43.3 Å². The van der Waals surface area contributed by atoms with E-state index < -0.39 is 5.54 Å². The lowest BCUT2D eigenvalue weighted by Crippen LogP contribution is -2.36. The van der Waals surface area contributed by atoms with Gasteiger partial charge in [0.2, 0.25) is 0 Å². The number of aromatic nitrogens is 1. The summed E-state index contributed by atoms with van der Waals surface area (Å²) in [6, 6.07) is 16.5. The van der Waals surface area contributed by atoms with Crippen LogP contribution in [0.15, 0.2) is 72.0 Å². The van der Waals surface area contributed by atoms with Crippen LogP contribution < -0.4 is 21.9 Å². The van der Waals surface area contributed by atoms with Crippen LogP contribution >= 0.6 is 0 Å². The van der Waals surface area contributed by atoms with Gasteiger partial charge in [0, 0.05) is 36.3 Å². The van der Waals surface area contributed by atoms with Crippen molar-refractivity contribution in [3.8, 4) is 11.8 Å². The van der Waals surface area contributed by atoms with Crippen molar-refractivity contribution in [2.75, 3.05) is 6.54 Å². The zero-order valence-corrected chi connectivity index (χ0v) is 22.5. The van der Waals surface area contributed by atoms with Crippen LogP contribution in [0.5, 0.6) is 0 Å². The Hall–Kier alpha value is -4.32. The predicted octanol–water partition coefficient (Wildman–Crippen LogP) is 4.13. The number of amides is 1. The SMILES string of the molecule is Cc1cccnc1C#CCNNCc1ccccc1C(=O)NC1(c2cc(F)cc(/C(C=NC3CC3)=C/N)c2)CC1. The topological polar surface area (TPSA) is 104 Å². The van der Waals surface area contributed by atoms with E-state index in [0.717, 1.165) is 48.1 Å². The number of carbonyl (C=O) groups is 1. The number of carbonyl (C=O) groups excluding carboxylic acids is 1. The average Bonchev–Trinajstić information content (AvgIpc) is 3.89. The molecule has 0 bridgehead atoms. The van der Waals surface area contributed by atoms with E-state index in [1.54, 1.807) is 18.5 Å². The van der Waals surface area contributed by atoms with Crippen molar-refractivity contribution < 1.29 is 9.18 Å². The molecule has 8 heteroatoms. The first-order valence-electron chi connectivity index (χ1n) is 13.5. The van der Waals surface area contributed by atoms with E-state index in [9.17, 15) is 9.18 Å². The third-order valence-electron chi connectivity index (χ3n) is 7.10. The van der Waals surface area contributed by atoms with Crippen LogP contribution in [0.2, 0.25) is 0 Å². The molecule has 1 amide bonds.